The highest BCUT2D eigenvalue weighted by molar-refractivity contribution is 5.96. The number of hydrogen-bond acceptors (Lipinski definition) is 2. The monoisotopic (exact) mass is 224 g/mol. The Balaban J connectivity index is 2.32. The van der Waals surface area contributed by atoms with Gasteiger partial charge < -0.3 is 10.2 Å². The summed E-state index contributed by atoms with van der Waals surface area (Å²) in [5.74, 6) is -0.266. The molecule has 0 saturated carbocycles. The van der Waals surface area contributed by atoms with Crippen LogP contribution in [0.3, 0.4) is 0 Å². The first-order valence-corrected chi connectivity index (χ1v) is 5.89. The molecule has 1 aliphatic heterocycles. The zero-order chi connectivity index (χ0) is 11.8. The Hall–Kier alpha value is -1.32. The number of rotatable bonds is 4. The van der Waals surface area contributed by atoms with Crippen LogP contribution in [0.25, 0.3) is 0 Å². The van der Waals surface area contributed by atoms with Gasteiger partial charge in [-0.1, -0.05) is 18.9 Å². The van der Waals surface area contributed by atoms with Gasteiger partial charge in [0.15, 0.2) is 0 Å². The number of amides is 2. The van der Waals surface area contributed by atoms with Crippen molar-refractivity contribution in [2.24, 2.45) is 0 Å². The van der Waals surface area contributed by atoms with E-state index in [9.17, 15) is 9.59 Å². The first-order valence-electron chi connectivity index (χ1n) is 5.89. The van der Waals surface area contributed by atoms with Crippen molar-refractivity contribution in [2.45, 2.75) is 32.1 Å². The Morgan fingerprint density at radius 1 is 1.19 bits per heavy atom. The molecule has 0 bridgehead atoms. The number of nitrogens with zero attached hydrogens (tertiary/aromatic N) is 1. The zero-order valence-corrected chi connectivity index (χ0v) is 9.71. The van der Waals surface area contributed by atoms with Crippen LogP contribution in [0.15, 0.2) is 12.7 Å². The van der Waals surface area contributed by atoms with E-state index in [4.69, 9.17) is 0 Å². The summed E-state index contributed by atoms with van der Waals surface area (Å²) in [6, 6.07) is 0. The van der Waals surface area contributed by atoms with Gasteiger partial charge >= 0.3 is 0 Å². The van der Waals surface area contributed by atoms with Crippen LogP contribution < -0.4 is 5.32 Å². The molecular formula is C12H20N2O2. The molecule has 1 N–H and O–H groups in total. The zero-order valence-electron chi connectivity index (χ0n) is 9.71. The summed E-state index contributed by atoms with van der Waals surface area (Å²) >= 11 is 0. The van der Waals surface area contributed by atoms with Crippen molar-refractivity contribution < 1.29 is 9.59 Å². The maximum atomic E-state index is 11.8. The van der Waals surface area contributed by atoms with E-state index in [2.05, 4.69) is 11.9 Å². The Labute approximate surface area is 96.7 Å². The van der Waals surface area contributed by atoms with Gasteiger partial charge in [-0.3, -0.25) is 9.59 Å². The van der Waals surface area contributed by atoms with Gasteiger partial charge in [0.25, 0.3) is 0 Å². The normalized spacial score (nSPS) is 16.4. The van der Waals surface area contributed by atoms with Crippen molar-refractivity contribution >= 4 is 11.8 Å². The topological polar surface area (TPSA) is 49.4 Å². The lowest BCUT2D eigenvalue weighted by Gasteiger charge is -2.19. The number of nitrogens with one attached hydrogen (secondary N) is 1. The maximum Gasteiger partial charge on any atom is 0.232 e. The molecule has 0 unspecified atom stereocenters. The minimum Gasteiger partial charge on any atom is -0.352 e. The second kappa shape index (κ2) is 7.04. The summed E-state index contributed by atoms with van der Waals surface area (Å²) in [6.07, 6.45) is 6.06. The lowest BCUT2D eigenvalue weighted by atomic mass is 10.2. The number of likely N-dealkylation sites (tertiary alicyclic amines) is 1. The van der Waals surface area contributed by atoms with Crippen LogP contribution in [-0.2, 0) is 9.59 Å². The molecule has 1 saturated heterocycles. The Kier molecular flexibility index (Phi) is 5.61. The van der Waals surface area contributed by atoms with E-state index in [1.54, 1.807) is 11.0 Å². The molecule has 1 rings (SSSR count). The first-order chi connectivity index (χ1) is 7.74. The molecule has 16 heavy (non-hydrogen) atoms. The molecule has 4 heteroatoms. The SMILES string of the molecule is C=CCNC(=O)CC(=O)N1CCCCCC1. The number of hydrogen-bond donors (Lipinski definition) is 1. The first kappa shape index (κ1) is 12.7. The molecule has 0 aromatic carbocycles. The van der Waals surface area contributed by atoms with E-state index in [1.807, 2.05) is 0 Å². The summed E-state index contributed by atoms with van der Waals surface area (Å²) in [5.41, 5.74) is 0. The van der Waals surface area contributed by atoms with Crippen molar-refractivity contribution in [1.82, 2.24) is 10.2 Å². The van der Waals surface area contributed by atoms with E-state index in [0.717, 1.165) is 25.9 Å². The van der Waals surface area contributed by atoms with Crippen molar-refractivity contribution in [2.75, 3.05) is 19.6 Å². The molecule has 0 spiro atoms. The largest absolute Gasteiger partial charge is 0.352 e. The summed E-state index contributed by atoms with van der Waals surface area (Å²) < 4.78 is 0. The van der Waals surface area contributed by atoms with E-state index < -0.39 is 0 Å². The van der Waals surface area contributed by atoms with Crippen molar-refractivity contribution in [3.63, 3.8) is 0 Å². The molecule has 0 atom stereocenters. The molecule has 1 fully saturated rings. The quantitative estimate of drug-likeness (QED) is 0.574. The molecule has 0 aromatic heterocycles. The fourth-order valence-electron chi connectivity index (χ4n) is 1.82. The van der Waals surface area contributed by atoms with Gasteiger partial charge in [0.1, 0.15) is 6.42 Å². The summed E-state index contributed by atoms with van der Waals surface area (Å²) in [7, 11) is 0. The predicted octanol–water partition coefficient (Wildman–Crippen LogP) is 1.08. The van der Waals surface area contributed by atoms with Gasteiger partial charge in [-0.05, 0) is 12.8 Å². The summed E-state index contributed by atoms with van der Waals surface area (Å²) in [6.45, 7) is 5.53. The van der Waals surface area contributed by atoms with E-state index >= 15 is 0 Å². The van der Waals surface area contributed by atoms with Gasteiger partial charge in [-0.2, -0.15) is 0 Å². The average molecular weight is 224 g/mol. The lowest BCUT2D eigenvalue weighted by Crippen LogP contribution is -2.36. The van der Waals surface area contributed by atoms with Crippen LogP contribution in [0.5, 0.6) is 0 Å². The average Bonchev–Trinajstić information content (AvgIpc) is 2.54. The molecule has 90 valence electrons. The number of carbonyl (C=O) groups is 2. The van der Waals surface area contributed by atoms with Crippen molar-refractivity contribution in [3.8, 4) is 0 Å². The second-order valence-corrected chi connectivity index (χ2v) is 4.06. The van der Waals surface area contributed by atoms with Crippen molar-refractivity contribution in [3.05, 3.63) is 12.7 Å². The predicted molar refractivity (Wildman–Crippen MR) is 62.9 cm³/mol. The lowest BCUT2D eigenvalue weighted by molar-refractivity contribution is -0.135. The maximum absolute atomic E-state index is 11.8. The molecule has 0 aromatic rings. The Morgan fingerprint density at radius 2 is 1.81 bits per heavy atom. The fraction of sp³-hybridized carbons (Fsp3) is 0.667. The summed E-state index contributed by atoms with van der Waals surface area (Å²) in [5, 5.41) is 2.61. The highest BCUT2D eigenvalue weighted by atomic mass is 16.2. The highest BCUT2D eigenvalue weighted by Crippen LogP contribution is 2.10. The van der Waals surface area contributed by atoms with Crippen LogP contribution in [0.1, 0.15) is 32.1 Å². The highest BCUT2D eigenvalue weighted by Gasteiger charge is 2.17. The third-order valence-corrected chi connectivity index (χ3v) is 2.71. The molecule has 4 nitrogen and oxygen atoms in total. The van der Waals surface area contributed by atoms with Crippen molar-refractivity contribution in [1.29, 1.82) is 0 Å². The molecule has 0 radical (unpaired) electrons. The van der Waals surface area contributed by atoms with E-state index in [0.29, 0.717) is 6.54 Å². The van der Waals surface area contributed by atoms with Gasteiger partial charge in [0.2, 0.25) is 11.8 Å². The Morgan fingerprint density at radius 3 is 2.38 bits per heavy atom. The van der Waals surface area contributed by atoms with Crippen LogP contribution in [-0.4, -0.2) is 36.3 Å². The third-order valence-electron chi connectivity index (χ3n) is 2.71. The van der Waals surface area contributed by atoms with Crippen LogP contribution in [0.2, 0.25) is 0 Å². The minimum absolute atomic E-state index is 0.0339. The Bertz CT molecular complexity index is 256. The van der Waals surface area contributed by atoms with E-state index in [-0.39, 0.29) is 18.2 Å². The molecule has 1 aliphatic rings. The van der Waals surface area contributed by atoms with Gasteiger partial charge in [-0.15, -0.1) is 6.58 Å². The molecular weight excluding hydrogens is 204 g/mol. The fourth-order valence-corrected chi connectivity index (χ4v) is 1.82. The minimum atomic E-state index is -0.214. The van der Waals surface area contributed by atoms with Crippen LogP contribution >= 0.6 is 0 Å². The molecule has 2 amide bonds. The van der Waals surface area contributed by atoms with Crippen LogP contribution in [0.4, 0.5) is 0 Å². The summed E-state index contributed by atoms with van der Waals surface area (Å²) in [4.78, 5) is 24.9. The molecule has 0 aliphatic carbocycles. The van der Waals surface area contributed by atoms with Gasteiger partial charge in [-0.25, -0.2) is 0 Å². The second-order valence-electron chi connectivity index (χ2n) is 4.06. The van der Waals surface area contributed by atoms with Gasteiger partial charge in [0, 0.05) is 19.6 Å². The molecule has 1 heterocycles. The van der Waals surface area contributed by atoms with Crippen LogP contribution in [0, 0.1) is 0 Å². The van der Waals surface area contributed by atoms with Gasteiger partial charge in [0.05, 0.1) is 0 Å². The smallest absolute Gasteiger partial charge is 0.232 e. The number of carbonyl (C=O) groups excluding carboxylic acids is 2. The third kappa shape index (κ3) is 4.47. The van der Waals surface area contributed by atoms with E-state index in [1.165, 1.54) is 12.8 Å². The standard InChI is InChI=1S/C12H20N2O2/c1-2-7-13-11(15)10-12(16)14-8-5-3-4-6-9-14/h2H,1,3-10H2,(H,13,15).